The first-order valence-electron chi connectivity index (χ1n) is 8.83. The summed E-state index contributed by atoms with van der Waals surface area (Å²) in [4.78, 5) is 0. The van der Waals surface area contributed by atoms with Crippen LogP contribution in [0.25, 0.3) is 22.3 Å². The lowest BCUT2D eigenvalue weighted by atomic mass is 9.57. The zero-order chi connectivity index (χ0) is 18.0. The van der Waals surface area contributed by atoms with E-state index in [1.165, 1.54) is 33.3 Å². The second kappa shape index (κ2) is 5.90. The van der Waals surface area contributed by atoms with E-state index >= 15 is 0 Å². The van der Waals surface area contributed by atoms with Crippen LogP contribution in [0.15, 0.2) is 57.5 Å². The fourth-order valence-corrected chi connectivity index (χ4v) is 5.22. The second-order valence-electron chi connectivity index (χ2n) is 7.23. The summed E-state index contributed by atoms with van der Waals surface area (Å²) in [5.41, 5.74) is 10.1. The van der Waals surface area contributed by atoms with Crippen LogP contribution in [-0.4, -0.2) is 6.98 Å². The molecule has 0 amide bonds. The van der Waals surface area contributed by atoms with E-state index in [0.717, 1.165) is 20.3 Å². The summed E-state index contributed by atoms with van der Waals surface area (Å²) in [6, 6.07) is 17.5. The van der Waals surface area contributed by atoms with Gasteiger partial charge in [0.2, 0.25) is 0 Å². The number of nitrogens with one attached hydrogen (secondary N) is 2. The fraction of sp³-hybridized carbons (Fsp3) is 0.143. The SMILES string of the molecule is CC(C)c1cc2c3c(c1)-c1c(Br)cccc1NB3Nc1cccc(Br)c1-2. The van der Waals surface area contributed by atoms with Crippen molar-refractivity contribution < 1.29 is 0 Å². The maximum Gasteiger partial charge on any atom is 0.407 e. The van der Waals surface area contributed by atoms with Gasteiger partial charge in [0.1, 0.15) is 0 Å². The van der Waals surface area contributed by atoms with Crippen LogP contribution in [-0.2, 0) is 0 Å². The zero-order valence-electron chi connectivity index (χ0n) is 14.5. The van der Waals surface area contributed by atoms with Crippen LogP contribution in [0, 0.1) is 0 Å². The van der Waals surface area contributed by atoms with Crippen molar-refractivity contribution in [3.05, 3.63) is 63.0 Å². The highest BCUT2D eigenvalue weighted by Gasteiger charge is 2.37. The molecule has 0 saturated carbocycles. The minimum atomic E-state index is 0.0739. The molecule has 5 rings (SSSR count). The average molecular weight is 468 g/mol. The number of fused-ring (bicyclic) bond motifs is 4. The Labute approximate surface area is 170 Å². The molecule has 0 spiro atoms. The van der Waals surface area contributed by atoms with E-state index in [-0.39, 0.29) is 6.98 Å². The maximum absolute atomic E-state index is 3.77. The molecule has 0 radical (unpaired) electrons. The van der Waals surface area contributed by atoms with Crippen LogP contribution < -0.4 is 15.9 Å². The predicted octanol–water partition coefficient (Wildman–Crippen LogP) is 6.22. The van der Waals surface area contributed by atoms with Gasteiger partial charge >= 0.3 is 6.98 Å². The van der Waals surface area contributed by atoms with Crippen LogP contribution >= 0.6 is 31.9 Å². The van der Waals surface area contributed by atoms with Gasteiger partial charge < -0.3 is 10.5 Å². The minimum absolute atomic E-state index is 0.0739. The molecule has 0 aromatic heterocycles. The minimum Gasteiger partial charge on any atom is -0.405 e. The number of benzene rings is 3. The second-order valence-corrected chi connectivity index (χ2v) is 8.94. The Morgan fingerprint density at radius 3 is 1.77 bits per heavy atom. The fourth-order valence-electron chi connectivity index (χ4n) is 4.06. The van der Waals surface area contributed by atoms with Crippen molar-refractivity contribution in [2.24, 2.45) is 0 Å². The normalized spacial score (nSPS) is 13.5. The maximum atomic E-state index is 3.77. The summed E-state index contributed by atoms with van der Waals surface area (Å²) in [7, 11) is 0. The lowest BCUT2D eigenvalue weighted by molar-refractivity contribution is 0.868. The van der Waals surface area contributed by atoms with Crippen molar-refractivity contribution in [2.75, 3.05) is 10.5 Å². The van der Waals surface area contributed by atoms with Crippen molar-refractivity contribution in [2.45, 2.75) is 19.8 Å². The summed E-state index contributed by atoms with van der Waals surface area (Å²) in [5.74, 6) is 0.469. The number of anilines is 2. The highest BCUT2D eigenvalue weighted by atomic mass is 79.9. The highest BCUT2D eigenvalue weighted by Crippen LogP contribution is 2.45. The van der Waals surface area contributed by atoms with Gasteiger partial charge in [-0.15, -0.1) is 0 Å². The number of rotatable bonds is 1. The quantitative estimate of drug-likeness (QED) is 0.415. The van der Waals surface area contributed by atoms with Gasteiger partial charge in [-0.3, -0.25) is 0 Å². The Morgan fingerprint density at radius 2 is 1.31 bits per heavy atom. The largest absolute Gasteiger partial charge is 0.407 e. The van der Waals surface area contributed by atoms with Crippen LogP contribution in [0.1, 0.15) is 25.3 Å². The van der Waals surface area contributed by atoms with Gasteiger partial charge in [0, 0.05) is 31.4 Å². The standard InChI is InChI=1S/C21H17BBr2N2/c1-11(2)12-9-13-19-15(23)5-3-7-17(19)25-22-21(13)14(10-12)20-16(24)6-4-8-18(20)26-22/h3-11,25-26H,1-2H3. The van der Waals surface area contributed by atoms with Crippen LogP contribution in [0.3, 0.4) is 0 Å². The van der Waals surface area contributed by atoms with Crippen molar-refractivity contribution in [3.63, 3.8) is 0 Å². The average Bonchev–Trinajstić information content (AvgIpc) is 2.61. The third-order valence-corrected chi connectivity index (χ3v) is 6.64. The number of hydrogen-bond donors (Lipinski definition) is 2. The molecule has 2 heterocycles. The number of halogens is 2. The van der Waals surface area contributed by atoms with Gasteiger partial charge in [0.05, 0.1) is 0 Å². The molecule has 2 N–H and O–H groups in total. The van der Waals surface area contributed by atoms with E-state index in [2.05, 4.69) is 105 Å². The predicted molar refractivity (Wildman–Crippen MR) is 119 cm³/mol. The van der Waals surface area contributed by atoms with Crippen molar-refractivity contribution in [3.8, 4) is 22.3 Å². The lowest BCUT2D eigenvalue weighted by Gasteiger charge is -2.36. The molecule has 0 saturated heterocycles. The molecule has 2 aliphatic rings. The Kier molecular flexibility index (Phi) is 3.73. The first-order valence-corrected chi connectivity index (χ1v) is 10.4. The zero-order valence-corrected chi connectivity index (χ0v) is 17.7. The van der Waals surface area contributed by atoms with Gasteiger partial charge in [-0.2, -0.15) is 0 Å². The molecule has 0 fully saturated rings. The van der Waals surface area contributed by atoms with Crippen molar-refractivity contribution in [1.29, 1.82) is 0 Å². The third-order valence-electron chi connectivity index (χ3n) is 5.32. The first-order chi connectivity index (χ1) is 12.5. The Balaban J connectivity index is 1.91. The smallest absolute Gasteiger partial charge is 0.405 e. The van der Waals surface area contributed by atoms with Gasteiger partial charge in [0.25, 0.3) is 0 Å². The molecule has 0 aliphatic carbocycles. The molecule has 2 aliphatic heterocycles. The van der Waals surface area contributed by atoms with Crippen LogP contribution in [0.4, 0.5) is 11.4 Å². The molecular formula is C21H17BBr2N2. The van der Waals surface area contributed by atoms with Crippen molar-refractivity contribution >= 4 is 55.7 Å². The topological polar surface area (TPSA) is 24.1 Å². The Morgan fingerprint density at radius 1 is 0.808 bits per heavy atom. The van der Waals surface area contributed by atoms with E-state index in [0.29, 0.717) is 5.92 Å². The Hall–Kier alpha value is -1.72. The molecule has 2 nitrogen and oxygen atoms in total. The van der Waals surface area contributed by atoms with E-state index < -0.39 is 0 Å². The van der Waals surface area contributed by atoms with Gasteiger partial charge in [-0.25, -0.2) is 0 Å². The summed E-state index contributed by atoms with van der Waals surface area (Å²) in [6.07, 6.45) is 0. The highest BCUT2D eigenvalue weighted by molar-refractivity contribution is 9.11. The molecule has 3 aromatic carbocycles. The van der Waals surface area contributed by atoms with Crippen molar-refractivity contribution in [1.82, 2.24) is 0 Å². The van der Waals surface area contributed by atoms with Crippen LogP contribution in [0.5, 0.6) is 0 Å². The van der Waals surface area contributed by atoms with E-state index in [4.69, 9.17) is 0 Å². The summed E-state index contributed by atoms with van der Waals surface area (Å²) < 4.78 is 2.25. The lowest BCUT2D eigenvalue weighted by Crippen LogP contribution is -2.52. The van der Waals surface area contributed by atoms with Gasteiger partial charge in [-0.1, -0.05) is 70.0 Å². The Bertz CT molecular complexity index is 985. The molecular weight excluding hydrogens is 451 g/mol. The molecule has 26 heavy (non-hydrogen) atoms. The van der Waals surface area contributed by atoms with Crippen LogP contribution in [0.2, 0.25) is 0 Å². The molecule has 0 atom stereocenters. The molecule has 3 aromatic rings. The van der Waals surface area contributed by atoms with E-state index in [1.807, 2.05) is 0 Å². The molecule has 128 valence electrons. The number of hydrogen-bond acceptors (Lipinski definition) is 2. The summed E-state index contributed by atoms with van der Waals surface area (Å²) in [6.45, 7) is 4.59. The third kappa shape index (κ3) is 2.30. The molecule has 0 bridgehead atoms. The summed E-state index contributed by atoms with van der Waals surface area (Å²) >= 11 is 7.55. The van der Waals surface area contributed by atoms with Gasteiger partial charge in [-0.05, 0) is 52.3 Å². The molecule has 5 heteroatoms. The first kappa shape index (κ1) is 16.5. The molecule has 0 unspecified atom stereocenters. The van der Waals surface area contributed by atoms with E-state index in [1.54, 1.807) is 0 Å². The monoisotopic (exact) mass is 466 g/mol. The summed E-state index contributed by atoms with van der Waals surface area (Å²) in [5, 5.41) is 7.38. The van der Waals surface area contributed by atoms with E-state index in [9.17, 15) is 0 Å². The van der Waals surface area contributed by atoms with Gasteiger partial charge in [0.15, 0.2) is 0 Å².